The van der Waals surface area contributed by atoms with E-state index >= 15 is 0 Å². The van der Waals surface area contributed by atoms with Gasteiger partial charge in [-0.05, 0) is 31.1 Å². The minimum Gasteiger partial charge on any atom is -0.345 e. The van der Waals surface area contributed by atoms with Crippen LogP contribution in [0.2, 0.25) is 0 Å². The maximum atomic E-state index is 12.4. The number of fused-ring (bicyclic) bond motifs is 1. The zero-order valence-corrected chi connectivity index (χ0v) is 12.5. The summed E-state index contributed by atoms with van der Waals surface area (Å²) in [6.07, 6.45) is 3.93. The summed E-state index contributed by atoms with van der Waals surface area (Å²) in [6, 6.07) is 5.95. The third-order valence-corrected chi connectivity index (χ3v) is 4.11. The molecule has 0 atom stereocenters. The van der Waals surface area contributed by atoms with E-state index in [2.05, 4.69) is 25.7 Å². The fourth-order valence-electron chi connectivity index (χ4n) is 2.58. The topological polar surface area (TPSA) is 91.4 Å². The first-order chi connectivity index (χ1) is 10.7. The van der Waals surface area contributed by atoms with Gasteiger partial charge in [-0.1, -0.05) is 12.1 Å². The van der Waals surface area contributed by atoms with Gasteiger partial charge in [0.15, 0.2) is 10.6 Å². The molecule has 7 nitrogen and oxygen atoms in total. The van der Waals surface area contributed by atoms with E-state index in [4.69, 9.17) is 12.2 Å². The standard InChI is InChI=1S/C14H14N6OS/c21-13(10-3-1-2-8-6-16-18-12(8)10)15-7-11-17-19-14(22)20(11)9-4-5-9/h1-3,6,9H,4-5,7H2,(H,15,21)(H,16,18)(H,19,22). The first kappa shape index (κ1) is 13.2. The maximum absolute atomic E-state index is 12.4. The van der Waals surface area contributed by atoms with E-state index in [1.807, 2.05) is 16.7 Å². The second-order valence-corrected chi connectivity index (χ2v) is 5.76. The molecular weight excluding hydrogens is 300 g/mol. The number of benzene rings is 1. The molecule has 1 aliphatic rings. The molecular formula is C14H14N6OS. The molecule has 1 amide bonds. The molecule has 0 aliphatic heterocycles. The molecule has 3 aromatic rings. The molecule has 0 bridgehead atoms. The van der Waals surface area contributed by atoms with Crippen molar-refractivity contribution in [1.29, 1.82) is 0 Å². The summed E-state index contributed by atoms with van der Waals surface area (Å²) >= 11 is 5.23. The Morgan fingerprint density at radius 2 is 2.27 bits per heavy atom. The van der Waals surface area contributed by atoms with Crippen molar-refractivity contribution in [2.45, 2.75) is 25.4 Å². The van der Waals surface area contributed by atoms with E-state index in [0.717, 1.165) is 29.6 Å². The van der Waals surface area contributed by atoms with Gasteiger partial charge < -0.3 is 5.32 Å². The molecule has 1 saturated carbocycles. The van der Waals surface area contributed by atoms with Gasteiger partial charge in [0, 0.05) is 11.4 Å². The lowest BCUT2D eigenvalue weighted by molar-refractivity contribution is 0.0951. The largest absolute Gasteiger partial charge is 0.345 e. The summed E-state index contributed by atoms with van der Waals surface area (Å²) in [5.41, 5.74) is 1.31. The minimum absolute atomic E-state index is 0.161. The number of nitrogens with one attached hydrogen (secondary N) is 3. The van der Waals surface area contributed by atoms with Crippen molar-refractivity contribution >= 4 is 29.0 Å². The van der Waals surface area contributed by atoms with Crippen molar-refractivity contribution in [1.82, 2.24) is 30.3 Å². The molecule has 2 heterocycles. The van der Waals surface area contributed by atoms with Crippen LogP contribution >= 0.6 is 12.2 Å². The molecule has 1 aromatic carbocycles. The Hall–Kier alpha value is -2.48. The van der Waals surface area contributed by atoms with Gasteiger partial charge in [-0.3, -0.25) is 19.6 Å². The molecule has 112 valence electrons. The van der Waals surface area contributed by atoms with E-state index in [9.17, 15) is 4.79 Å². The Morgan fingerprint density at radius 1 is 1.41 bits per heavy atom. The average molecular weight is 314 g/mol. The molecule has 3 N–H and O–H groups in total. The highest BCUT2D eigenvalue weighted by atomic mass is 32.1. The molecule has 1 fully saturated rings. The number of carbonyl (C=O) groups excluding carboxylic acids is 1. The summed E-state index contributed by atoms with van der Waals surface area (Å²) in [6.45, 7) is 0.340. The van der Waals surface area contributed by atoms with Crippen molar-refractivity contribution in [3.63, 3.8) is 0 Å². The quantitative estimate of drug-likeness (QED) is 0.643. The number of rotatable bonds is 4. The van der Waals surface area contributed by atoms with Crippen LogP contribution in [0.1, 0.15) is 35.1 Å². The number of aromatic nitrogens is 5. The molecule has 0 unspecified atom stereocenters. The normalized spacial score (nSPS) is 14.4. The summed E-state index contributed by atoms with van der Waals surface area (Å²) in [7, 11) is 0. The van der Waals surface area contributed by atoms with Crippen molar-refractivity contribution in [2.24, 2.45) is 0 Å². The van der Waals surface area contributed by atoms with E-state index in [1.54, 1.807) is 12.3 Å². The van der Waals surface area contributed by atoms with Gasteiger partial charge in [0.25, 0.3) is 5.91 Å². The third kappa shape index (κ3) is 2.21. The van der Waals surface area contributed by atoms with E-state index in [-0.39, 0.29) is 5.91 Å². The predicted molar refractivity (Wildman–Crippen MR) is 82.9 cm³/mol. The number of carbonyl (C=O) groups is 1. The summed E-state index contributed by atoms with van der Waals surface area (Å²) in [5, 5.41) is 17.6. The van der Waals surface area contributed by atoms with Crippen LogP contribution in [0.4, 0.5) is 0 Å². The Bertz CT molecular complexity index is 903. The zero-order chi connectivity index (χ0) is 15.1. The highest BCUT2D eigenvalue weighted by molar-refractivity contribution is 7.71. The van der Waals surface area contributed by atoms with Gasteiger partial charge in [0.05, 0.1) is 23.8 Å². The van der Waals surface area contributed by atoms with Gasteiger partial charge in [0.1, 0.15) is 0 Å². The fraction of sp³-hybridized carbons (Fsp3) is 0.286. The molecule has 8 heteroatoms. The van der Waals surface area contributed by atoms with E-state index < -0.39 is 0 Å². The van der Waals surface area contributed by atoms with Crippen LogP contribution in [0.5, 0.6) is 0 Å². The smallest absolute Gasteiger partial charge is 0.253 e. The van der Waals surface area contributed by atoms with Crippen LogP contribution in [-0.4, -0.2) is 30.9 Å². The number of hydrogen-bond acceptors (Lipinski definition) is 4. The van der Waals surface area contributed by atoms with E-state index in [0.29, 0.717) is 22.9 Å². The van der Waals surface area contributed by atoms with Crippen molar-refractivity contribution < 1.29 is 4.79 Å². The summed E-state index contributed by atoms with van der Waals surface area (Å²) in [5.74, 6) is 0.601. The van der Waals surface area contributed by atoms with Crippen LogP contribution < -0.4 is 5.32 Å². The maximum Gasteiger partial charge on any atom is 0.253 e. The number of H-pyrrole nitrogens is 2. The van der Waals surface area contributed by atoms with Crippen molar-refractivity contribution in [3.05, 3.63) is 40.6 Å². The number of nitrogens with zero attached hydrogens (tertiary/aromatic N) is 3. The first-order valence-corrected chi connectivity index (χ1v) is 7.51. The van der Waals surface area contributed by atoms with Gasteiger partial charge in [-0.25, -0.2) is 0 Å². The fourth-order valence-corrected chi connectivity index (χ4v) is 2.88. The van der Waals surface area contributed by atoms with Crippen molar-refractivity contribution in [3.8, 4) is 0 Å². The Labute approximate surface area is 130 Å². The highest BCUT2D eigenvalue weighted by Crippen LogP contribution is 2.35. The molecule has 22 heavy (non-hydrogen) atoms. The molecule has 4 rings (SSSR count). The number of para-hydroxylation sites is 1. The third-order valence-electron chi connectivity index (χ3n) is 3.82. The van der Waals surface area contributed by atoms with Crippen LogP contribution in [0.25, 0.3) is 10.9 Å². The average Bonchev–Trinajstić information content (AvgIpc) is 3.11. The lowest BCUT2D eigenvalue weighted by Crippen LogP contribution is -2.25. The Balaban J connectivity index is 1.56. The van der Waals surface area contributed by atoms with Crippen LogP contribution in [0.15, 0.2) is 24.4 Å². The lowest BCUT2D eigenvalue weighted by atomic mass is 10.1. The molecule has 0 radical (unpaired) electrons. The second kappa shape index (κ2) is 5.06. The second-order valence-electron chi connectivity index (χ2n) is 5.37. The highest BCUT2D eigenvalue weighted by Gasteiger charge is 2.27. The molecule has 1 aliphatic carbocycles. The molecule has 0 spiro atoms. The van der Waals surface area contributed by atoms with E-state index in [1.165, 1.54) is 0 Å². The van der Waals surface area contributed by atoms with Crippen molar-refractivity contribution in [2.75, 3.05) is 0 Å². The Morgan fingerprint density at radius 3 is 3.09 bits per heavy atom. The molecule has 0 saturated heterocycles. The van der Waals surface area contributed by atoms with Crippen LogP contribution in [0, 0.1) is 4.77 Å². The SMILES string of the molecule is O=C(NCc1n[nH]c(=S)n1C1CC1)c1cccc2cn[nH]c12. The lowest BCUT2D eigenvalue weighted by Gasteiger charge is -2.07. The first-order valence-electron chi connectivity index (χ1n) is 7.10. The number of hydrogen-bond donors (Lipinski definition) is 3. The van der Waals surface area contributed by atoms with Gasteiger partial charge >= 0.3 is 0 Å². The molecule has 2 aromatic heterocycles. The summed E-state index contributed by atoms with van der Waals surface area (Å²) < 4.78 is 2.61. The monoisotopic (exact) mass is 314 g/mol. The predicted octanol–water partition coefficient (Wildman–Crippen LogP) is 2.08. The van der Waals surface area contributed by atoms with Gasteiger partial charge in [-0.15, -0.1) is 0 Å². The van der Waals surface area contributed by atoms with Crippen LogP contribution in [-0.2, 0) is 6.54 Å². The van der Waals surface area contributed by atoms with Gasteiger partial charge in [-0.2, -0.15) is 10.2 Å². The van der Waals surface area contributed by atoms with Gasteiger partial charge in [0.2, 0.25) is 0 Å². The number of amides is 1. The number of aromatic amines is 2. The zero-order valence-electron chi connectivity index (χ0n) is 11.7. The summed E-state index contributed by atoms with van der Waals surface area (Å²) in [4.78, 5) is 12.4. The van der Waals surface area contributed by atoms with Crippen LogP contribution in [0.3, 0.4) is 0 Å². The Kier molecular flexibility index (Phi) is 3.04. The minimum atomic E-state index is -0.161.